The van der Waals surface area contributed by atoms with Crippen LogP contribution in [0.2, 0.25) is 0 Å². The molecule has 2 aromatic carbocycles. The van der Waals surface area contributed by atoms with E-state index in [1.54, 1.807) is 11.9 Å². The molecule has 6 nitrogen and oxygen atoms in total. The second-order valence-electron chi connectivity index (χ2n) is 6.63. The highest BCUT2D eigenvalue weighted by molar-refractivity contribution is 14.0. The Morgan fingerprint density at radius 2 is 1.80 bits per heavy atom. The average Bonchev–Trinajstić information content (AvgIpc) is 3.15. The van der Waals surface area contributed by atoms with Gasteiger partial charge in [-0.1, -0.05) is 6.07 Å². The first kappa shape index (κ1) is 23.8. The predicted octanol–water partition coefficient (Wildman–Crippen LogP) is 3.10. The van der Waals surface area contributed by atoms with E-state index in [2.05, 4.69) is 20.9 Å². The fraction of sp³-hybridized carbons (Fsp3) is 0.300. The second kappa shape index (κ2) is 11.0. The topological polar surface area (TPSA) is 68.8 Å². The van der Waals surface area contributed by atoms with Crippen LogP contribution in [0, 0.1) is 17.5 Å². The fourth-order valence-corrected chi connectivity index (χ4v) is 3.16. The minimum atomic E-state index is -0.592. The largest absolute Gasteiger partial charge is 0.365 e. The van der Waals surface area contributed by atoms with E-state index in [9.17, 15) is 18.0 Å². The van der Waals surface area contributed by atoms with Crippen LogP contribution in [0.1, 0.15) is 6.42 Å². The molecule has 1 saturated heterocycles. The molecule has 1 fully saturated rings. The molecule has 1 atom stereocenters. The average molecular weight is 533 g/mol. The number of rotatable bonds is 5. The molecular weight excluding hydrogens is 510 g/mol. The Labute approximate surface area is 190 Å². The first-order valence-electron chi connectivity index (χ1n) is 9.18. The predicted molar refractivity (Wildman–Crippen MR) is 122 cm³/mol. The van der Waals surface area contributed by atoms with Gasteiger partial charge in [0, 0.05) is 31.9 Å². The van der Waals surface area contributed by atoms with Gasteiger partial charge >= 0.3 is 0 Å². The van der Waals surface area contributed by atoms with E-state index in [1.807, 2.05) is 0 Å². The van der Waals surface area contributed by atoms with Crippen molar-refractivity contribution in [1.82, 2.24) is 10.6 Å². The fourth-order valence-electron chi connectivity index (χ4n) is 3.16. The number of carbonyl (C=O) groups excluding carboxylic acids is 1. The van der Waals surface area contributed by atoms with Gasteiger partial charge in [-0.3, -0.25) is 9.79 Å². The van der Waals surface area contributed by atoms with Crippen molar-refractivity contribution in [1.29, 1.82) is 0 Å². The lowest BCUT2D eigenvalue weighted by molar-refractivity contribution is -0.115. The molecule has 0 aromatic heterocycles. The molecule has 0 bridgehead atoms. The summed E-state index contributed by atoms with van der Waals surface area (Å²) in [4.78, 5) is 17.7. The lowest BCUT2D eigenvalue weighted by Gasteiger charge is -2.21. The zero-order valence-electron chi connectivity index (χ0n) is 16.3. The van der Waals surface area contributed by atoms with E-state index < -0.39 is 11.6 Å². The number of hydrogen-bond acceptors (Lipinski definition) is 3. The van der Waals surface area contributed by atoms with Gasteiger partial charge in [0.05, 0.1) is 6.54 Å². The molecular formula is C20H23F3IN5O. The van der Waals surface area contributed by atoms with Crippen molar-refractivity contribution >= 4 is 47.2 Å². The van der Waals surface area contributed by atoms with Crippen LogP contribution in [-0.2, 0) is 4.79 Å². The standard InChI is InChI=1S/C20H22F3N5O.HI/c1-24-20(25-11-18(29)26-14-7-5-13(21)6-8-14)27-15-9-10-28(12-15)19-16(22)3-2-4-17(19)23;/h2-8,15H,9-12H2,1H3,(H,26,29)(H2,24,25,27);1H. The number of anilines is 2. The van der Waals surface area contributed by atoms with Gasteiger partial charge < -0.3 is 20.9 Å². The molecule has 0 radical (unpaired) electrons. The van der Waals surface area contributed by atoms with Crippen LogP contribution in [0.4, 0.5) is 24.5 Å². The molecule has 2 aromatic rings. The zero-order valence-corrected chi connectivity index (χ0v) is 18.6. The van der Waals surface area contributed by atoms with Crippen LogP contribution in [0.15, 0.2) is 47.5 Å². The molecule has 1 unspecified atom stereocenters. The minimum absolute atomic E-state index is 0. The molecule has 162 valence electrons. The van der Waals surface area contributed by atoms with Crippen molar-refractivity contribution in [3.8, 4) is 0 Å². The Balaban J connectivity index is 0.00000320. The summed E-state index contributed by atoms with van der Waals surface area (Å²) < 4.78 is 40.8. The maximum Gasteiger partial charge on any atom is 0.243 e. The summed E-state index contributed by atoms with van der Waals surface area (Å²) in [6, 6.07) is 9.17. The Bertz CT molecular complexity index is 874. The highest BCUT2D eigenvalue weighted by atomic mass is 127. The molecule has 30 heavy (non-hydrogen) atoms. The molecule has 0 saturated carbocycles. The van der Waals surface area contributed by atoms with E-state index in [0.717, 1.165) is 0 Å². The van der Waals surface area contributed by atoms with Crippen LogP contribution in [-0.4, -0.2) is 44.6 Å². The quantitative estimate of drug-likeness (QED) is 0.314. The third kappa shape index (κ3) is 6.25. The Morgan fingerprint density at radius 3 is 2.43 bits per heavy atom. The van der Waals surface area contributed by atoms with Gasteiger partial charge in [-0.2, -0.15) is 0 Å². The van der Waals surface area contributed by atoms with Gasteiger partial charge in [0.15, 0.2) is 5.96 Å². The second-order valence-corrected chi connectivity index (χ2v) is 6.63. The number of amides is 1. The van der Waals surface area contributed by atoms with Gasteiger partial charge in [-0.05, 0) is 42.8 Å². The number of benzene rings is 2. The SMILES string of the molecule is CN=C(NCC(=O)Nc1ccc(F)cc1)NC1CCN(c2c(F)cccc2F)C1.I. The third-order valence-electron chi connectivity index (χ3n) is 4.55. The van der Waals surface area contributed by atoms with Crippen molar-refractivity contribution < 1.29 is 18.0 Å². The lowest BCUT2D eigenvalue weighted by Crippen LogP contribution is -2.46. The van der Waals surface area contributed by atoms with Gasteiger partial charge in [0.2, 0.25) is 5.91 Å². The summed E-state index contributed by atoms with van der Waals surface area (Å²) >= 11 is 0. The van der Waals surface area contributed by atoms with Gasteiger partial charge in [-0.15, -0.1) is 24.0 Å². The number of hydrogen-bond donors (Lipinski definition) is 3. The van der Waals surface area contributed by atoms with Crippen LogP contribution < -0.4 is 20.9 Å². The summed E-state index contributed by atoms with van der Waals surface area (Å²) in [6.07, 6.45) is 0.663. The number of halogens is 4. The summed E-state index contributed by atoms with van der Waals surface area (Å²) in [7, 11) is 1.57. The number of nitrogens with one attached hydrogen (secondary N) is 3. The zero-order chi connectivity index (χ0) is 20.8. The molecule has 1 heterocycles. The monoisotopic (exact) mass is 533 g/mol. The van der Waals surface area contributed by atoms with E-state index in [4.69, 9.17) is 0 Å². The smallest absolute Gasteiger partial charge is 0.243 e. The highest BCUT2D eigenvalue weighted by Crippen LogP contribution is 2.26. The van der Waals surface area contributed by atoms with Crippen LogP contribution in [0.25, 0.3) is 0 Å². The van der Waals surface area contributed by atoms with Crippen molar-refractivity contribution in [2.24, 2.45) is 4.99 Å². The highest BCUT2D eigenvalue weighted by Gasteiger charge is 2.27. The van der Waals surface area contributed by atoms with Gasteiger partial charge in [0.25, 0.3) is 0 Å². The van der Waals surface area contributed by atoms with Crippen LogP contribution in [0.5, 0.6) is 0 Å². The van der Waals surface area contributed by atoms with Gasteiger partial charge in [-0.25, -0.2) is 13.2 Å². The molecule has 3 N–H and O–H groups in total. The summed E-state index contributed by atoms with van der Waals surface area (Å²) in [5.74, 6) is -1.48. The normalized spacial score (nSPS) is 16.1. The molecule has 1 amide bonds. The van der Waals surface area contributed by atoms with Crippen molar-refractivity contribution in [2.75, 3.05) is 36.9 Å². The molecule has 1 aliphatic heterocycles. The molecule has 0 aliphatic carbocycles. The summed E-state index contributed by atoms with van der Waals surface area (Å²) in [5.41, 5.74) is 0.456. The van der Waals surface area contributed by atoms with Gasteiger partial charge in [0.1, 0.15) is 23.1 Å². The summed E-state index contributed by atoms with van der Waals surface area (Å²) in [5, 5.41) is 8.69. The number of nitrogens with zero attached hydrogens (tertiary/aromatic N) is 2. The Morgan fingerprint density at radius 1 is 1.13 bits per heavy atom. The first-order valence-corrected chi connectivity index (χ1v) is 9.18. The molecule has 1 aliphatic rings. The number of para-hydroxylation sites is 1. The van der Waals surface area contributed by atoms with Crippen molar-refractivity contribution in [3.05, 3.63) is 59.9 Å². The Kier molecular flexibility index (Phi) is 8.75. The van der Waals surface area contributed by atoms with Crippen molar-refractivity contribution in [2.45, 2.75) is 12.5 Å². The van der Waals surface area contributed by atoms with E-state index >= 15 is 0 Å². The number of guanidine groups is 1. The third-order valence-corrected chi connectivity index (χ3v) is 4.55. The maximum atomic E-state index is 14.0. The van der Waals surface area contributed by atoms with Crippen molar-refractivity contribution in [3.63, 3.8) is 0 Å². The summed E-state index contributed by atoms with van der Waals surface area (Å²) in [6.45, 7) is 0.854. The minimum Gasteiger partial charge on any atom is -0.365 e. The van der Waals surface area contributed by atoms with Crippen LogP contribution in [0.3, 0.4) is 0 Å². The maximum absolute atomic E-state index is 14.0. The van der Waals surface area contributed by atoms with E-state index in [-0.39, 0.29) is 54.0 Å². The van der Waals surface area contributed by atoms with E-state index in [0.29, 0.717) is 31.2 Å². The number of aliphatic imine (C=N–C) groups is 1. The van der Waals surface area contributed by atoms with Crippen LogP contribution >= 0.6 is 24.0 Å². The lowest BCUT2D eigenvalue weighted by atomic mass is 10.2. The number of carbonyl (C=O) groups is 1. The molecule has 0 spiro atoms. The first-order chi connectivity index (χ1) is 14.0. The Hall–Kier alpha value is -2.50. The van der Waals surface area contributed by atoms with E-state index in [1.165, 1.54) is 42.5 Å². The molecule has 3 rings (SSSR count). The molecule has 10 heteroatoms.